The number of pyridine rings is 1. The molecule has 1 N–H and O–H groups in total. The van der Waals surface area contributed by atoms with Crippen molar-refractivity contribution < 1.29 is 22.7 Å². The lowest BCUT2D eigenvalue weighted by Crippen LogP contribution is -2.68. The molecule has 0 radical (unpaired) electrons. The molecule has 9 heteroatoms. The highest BCUT2D eigenvalue weighted by atomic mass is 32.2. The maximum atomic E-state index is 13.6. The summed E-state index contributed by atoms with van der Waals surface area (Å²) in [5.74, 6) is -0.720. The smallest absolute Gasteiger partial charge is 0.348 e. The molecule has 1 fully saturated rings. The number of methoxy groups -OCH3 is 2. The highest BCUT2D eigenvalue weighted by Gasteiger charge is 2.65. The minimum Gasteiger partial charge on any atom is -0.466 e. The van der Waals surface area contributed by atoms with Crippen molar-refractivity contribution in [1.82, 2.24) is 10.3 Å². The third-order valence-electron chi connectivity index (χ3n) is 5.08. The fraction of sp³-hybridized carbons (Fsp3) is 0.368. The second-order valence-corrected chi connectivity index (χ2v) is 8.45. The molecule has 1 aliphatic heterocycles. The molecule has 3 rings (SSSR count). The van der Waals surface area contributed by atoms with Crippen molar-refractivity contribution in [2.45, 2.75) is 21.9 Å². The number of likely N-dealkylation sites (N-methyl/N-ethyl adjacent to an activating group) is 1. The number of benzene rings is 1. The molecule has 1 saturated heterocycles. The van der Waals surface area contributed by atoms with Crippen LogP contribution >= 0.6 is 0 Å². The van der Waals surface area contributed by atoms with E-state index in [0.29, 0.717) is 5.69 Å². The van der Waals surface area contributed by atoms with Crippen LogP contribution in [0.5, 0.6) is 0 Å². The number of nitrogens with one attached hydrogen (secondary N) is 1. The van der Waals surface area contributed by atoms with Gasteiger partial charge in [-0.3, -0.25) is 10.3 Å². The van der Waals surface area contributed by atoms with E-state index in [1.165, 1.54) is 33.4 Å². The van der Waals surface area contributed by atoms with Crippen molar-refractivity contribution in [3.63, 3.8) is 0 Å². The Labute approximate surface area is 164 Å². The van der Waals surface area contributed by atoms with Crippen molar-refractivity contribution in [3.05, 3.63) is 54.9 Å². The van der Waals surface area contributed by atoms with E-state index in [9.17, 15) is 13.2 Å². The first-order chi connectivity index (χ1) is 13.4. The molecule has 1 aliphatic rings. The SMILES string of the molecule is CN[C@@]1(C(=O)OC)C(S(=O)(=O)c2ccccc2)[C@@H](OC)CN1c1cccnc1. The third-order valence-corrected chi connectivity index (χ3v) is 7.32. The Balaban J connectivity index is 2.25. The summed E-state index contributed by atoms with van der Waals surface area (Å²) in [6, 6.07) is 11.5. The van der Waals surface area contributed by atoms with Gasteiger partial charge in [0.05, 0.1) is 30.0 Å². The average Bonchev–Trinajstić information content (AvgIpc) is 3.10. The van der Waals surface area contributed by atoms with Crippen LogP contribution < -0.4 is 10.2 Å². The number of rotatable bonds is 6. The van der Waals surface area contributed by atoms with Gasteiger partial charge in [-0.15, -0.1) is 0 Å². The molecule has 28 heavy (non-hydrogen) atoms. The van der Waals surface area contributed by atoms with Gasteiger partial charge < -0.3 is 14.4 Å². The second kappa shape index (κ2) is 7.86. The summed E-state index contributed by atoms with van der Waals surface area (Å²) in [5, 5.41) is 1.69. The summed E-state index contributed by atoms with van der Waals surface area (Å²) in [6.45, 7) is 0.162. The van der Waals surface area contributed by atoms with Gasteiger partial charge in [0.1, 0.15) is 5.25 Å². The Morgan fingerprint density at radius 2 is 1.93 bits per heavy atom. The summed E-state index contributed by atoms with van der Waals surface area (Å²) in [6.07, 6.45) is 2.39. The van der Waals surface area contributed by atoms with Crippen LogP contribution in [0.1, 0.15) is 0 Å². The molecule has 2 heterocycles. The molecule has 0 saturated carbocycles. The monoisotopic (exact) mass is 405 g/mol. The Kier molecular flexibility index (Phi) is 5.69. The van der Waals surface area contributed by atoms with E-state index < -0.39 is 32.8 Å². The van der Waals surface area contributed by atoms with E-state index >= 15 is 0 Å². The van der Waals surface area contributed by atoms with Crippen LogP contribution in [0.15, 0.2) is 59.8 Å². The first kappa shape index (κ1) is 20.2. The minimum atomic E-state index is -3.97. The van der Waals surface area contributed by atoms with Crippen LogP contribution in [0.25, 0.3) is 0 Å². The number of carbonyl (C=O) groups is 1. The number of hydrogen-bond donors (Lipinski definition) is 1. The lowest BCUT2D eigenvalue weighted by molar-refractivity contribution is -0.148. The highest BCUT2D eigenvalue weighted by molar-refractivity contribution is 7.92. The van der Waals surface area contributed by atoms with E-state index in [2.05, 4.69) is 10.3 Å². The van der Waals surface area contributed by atoms with Crippen molar-refractivity contribution in [1.29, 1.82) is 0 Å². The van der Waals surface area contributed by atoms with Gasteiger partial charge in [-0.2, -0.15) is 0 Å². The molecule has 8 nitrogen and oxygen atoms in total. The predicted octanol–water partition coefficient (Wildman–Crippen LogP) is 0.848. The van der Waals surface area contributed by atoms with Crippen LogP contribution in [-0.2, 0) is 24.1 Å². The van der Waals surface area contributed by atoms with Crippen molar-refractivity contribution >= 4 is 21.5 Å². The molecule has 1 aromatic heterocycles. The zero-order valence-electron chi connectivity index (χ0n) is 15.9. The van der Waals surface area contributed by atoms with Gasteiger partial charge in [-0.1, -0.05) is 18.2 Å². The molecule has 0 aliphatic carbocycles. The van der Waals surface area contributed by atoms with Crippen molar-refractivity contribution in [3.8, 4) is 0 Å². The largest absolute Gasteiger partial charge is 0.466 e. The fourth-order valence-corrected chi connectivity index (χ4v) is 6.02. The number of esters is 1. The van der Waals surface area contributed by atoms with Gasteiger partial charge in [-0.25, -0.2) is 13.2 Å². The van der Waals surface area contributed by atoms with Crippen LogP contribution in [-0.4, -0.2) is 64.2 Å². The first-order valence-electron chi connectivity index (χ1n) is 8.70. The molecule has 2 aromatic rings. The van der Waals surface area contributed by atoms with Gasteiger partial charge in [0.2, 0.25) is 5.66 Å². The second-order valence-electron chi connectivity index (χ2n) is 6.38. The summed E-state index contributed by atoms with van der Waals surface area (Å²) in [4.78, 5) is 18.9. The maximum Gasteiger partial charge on any atom is 0.348 e. The predicted molar refractivity (Wildman–Crippen MR) is 104 cm³/mol. The summed E-state index contributed by atoms with van der Waals surface area (Å²) >= 11 is 0. The number of hydrogen-bond acceptors (Lipinski definition) is 8. The minimum absolute atomic E-state index is 0.110. The van der Waals surface area contributed by atoms with E-state index in [-0.39, 0.29) is 11.4 Å². The van der Waals surface area contributed by atoms with Gasteiger partial charge in [-0.05, 0) is 31.3 Å². The van der Waals surface area contributed by atoms with Crippen LogP contribution in [0.4, 0.5) is 5.69 Å². The third kappa shape index (κ3) is 3.05. The standard InChI is InChI=1S/C19H23N3O5S/c1-20-19(18(23)27-3)17(28(24,25)15-9-5-4-6-10-15)16(26-2)13-22(19)14-8-7-11-21-12-14/h4-12,16-17,20H,13H2,1-3H3/t16-,17?,19-/m0/s1. The number of aromatic nitrogens is 1. The van der Waals surface area contributed by atoms with Crippen LogP contribution in [0, 0.1) is 0 Å². The van der Waals surface area contributed by atoms with Gasteiger partial charge >= 0.3 is 5.97 Å². The Morgan fingerprint density at radius 3 is 2.46 bits per heavy atom. The molecule has 1 aromatic carbocycles. The highest BCUT2D eigenvalue weighted by Crippen LogP contribution is 2.40. The van der Waals surface area contributed by atoms with E-state index in [1.54, 1.807) is 47.6 Å². The van der Waals surface area contributed by atoms with Gasteiger partial charge in [0.15, 0.2) is 9.84 Å². The molecule has 0 amide bonds. The zero-order chi connectivity index (χ0) is 20.4. The zero-order valence-corrected chi connectivity index (χ0v) is 16.7. The van der Waals surface area contributed by atoms with Gasteiger partial charge in [0.25, 0.3) is 0 Å². The Hall–Kier alpha value is -2.49. The number of sulfone groups is 1. The molecule has 3 atom stereocenters. The van der Waals surface area contributed by atoms with Gasteiger partial charge in [0, 0.05) is 19.9 Å². The lowest BCUT2D eigenvalue weighted by atomic mass is 10.1. The summed E-state index contributed by atoms with van der Waals surface area (Å²) in [5.41, 5.74) is -1.11. The van der Waals surface area contributed by atoms with E-state index in [1.807, 2.05) is 0 Å². The van der Waals surface area contributed by atoms with E-state index in [0.717, 1.165) is 0 Å². The Bertz CT molecular complexity index is 923. The summed E-state index contributed by atoms with van der Waals surface area (Å²) < 4.78 is 37.8. The first-order valence-corrected chi connectivity index (χ1v) is 10.2. The number of carbonyl (C=O) groups excluding carboxylic acids is 1. The molecule has 0 bridgehead atoms. The number of ether oxygens (including phenoxy) is 2. The average molecular weight is 405 g/mol. The number of anilines is 1. The molecular formula is C19H23N3O5S. The lowest BCUT2D eigenvalue weighted by Gasteiger charge is -2.39. The van der Waals surface area contributed by atoms with Crippen molar-refractivity contribution in [2.75, 3.05) is 32.7 Å². The normalized spacial score (nSPS) is 24.9. The Morgan fingerprint density at radius 1 is 1.21 bits per heavy atom. The molecular weight excluding hydrogens is 382 g/mol. The van der Waals surface area contributed by atoms with Crippen molar-refractivity contribution in [2.24, 2.45) is 0 Å². The van der Waals surface area contributed by atoms with Crippen LogP contribution in [0.2, 0.25) is 0 Å². The van der Waals surface area contributed by atoms with Crippen LogP contribution in [0.3, 0.4) is 0 Å². The summed E-state index contributed by atoms with van der Waals surface area (Å²) in [7, 11) is 0.232. The molecule has 150 valence electrons. The quantitative estimate of drug-likeness (QED) is 0.707. The molecule has 1 unspecified atom stereocenters. The topological polar surface area (TPSA) is 97.8 Å². The molecule has 0 spiro atoms. The fourth-order valence-electron chi connectivity index (χ4n) is 3.81. The van der Waals surface area contributed by atoms with E-state index in [4.69, 9.17) is 9.47 Å². The maximum absolute atomic E-state index is 13.6. The number of nitrogens with zero attached hydrogens (tertiary/aromatic N) is 2.